The molecule has 0 saturated carbocycles. The van der Waals surface area contributed by atoms with E-state index in [4.69, 9.17) is 0 Å². The highest BCUT2D eigenvalue weighted by atomic mass is 16.2. The predicted octanol–water partition coefficient (Wildman–Crippen LogP) is 7.53. The highest BCUT2D eigenvalue weighted by Crippen LogP contribution is 2.32. The highest BCUT2D eigenvalue weighted by molar-refractivity contribution is 5.91. The summed E-state index contributed by atoms with van der Waals surface area (Å²) in [6.45, 7) is 16.3. The Bertz CT molecular complexity index is 1030. The molecule has 1 N–H and O–H groups in total. The van der Waals surface area contributed by atoms with Crippen LogP contribution in [-0.4, -0.2) is 21.5 Å². The van der Waals surface area contributed by atoms with E-state index in [0.29, 0.717) is 18.4 Å². The molecule has 2 aromatic carbocycles. The zero-order valence-electron chi connectivity index (χ0n) is 21.2. The molecule has 0 aliphatic carbocycles. The first-order valence-electron chi connectivity index (χ1n) is 12.1. The topological polar surface area (TPSA) is 37.3 Å². The van der Waals surface area contributed by atoms with E-state index in [1.807, 2.05) is 4.90 Å². The first kappa shape index (κ1) is 24.6. The van der Waals surface area contributed by atoms with Crippen molar-refractivity contribution < 1.29 is 4.79 Å². The van der Waals surface area contributed by atoms with Crippen LogP contribution in [0, 0.1) is 6.92 Å². The van der Waals surface area contributed by atoms with Crippen LogP contribution in [0.4, 0.5) is 10.5 Å². The standard InChI is InChI=1S/C29H39N3O/c1-20(2)26-11-8-12-27(21(3)4)28(26)30-29(33)32(22(5)6)19-25-10-9-17-31(25)18-24-15-13-23(7)14-16-24/h8-17,20-22H,18-19H2,1-7H3,(H,30,33). The van der Waals surface area contributed by atoms with Gasteiger partial charge in [-0.05, 0) is 61.4 Å². The lowest BCUT2D eigenvalue weighted by Crippen LogP contribution is -2.40. The number of hydrogen-bond donors (Lipinski definition) is 1. The van der Waals surface area contributed by atoms with Crippen molar-refractivity contribution in [3.05, 3.63) is 88.7 Å². The van der Waals surface area contributed by atoms with Gasteiger partial charge in [-0.25, -0.2) is 4.79 Å². The summed E-state index contributed by atoms with van der Waals surface area (Å²) in [7, 11) is 0. The second kappa shape index (κ2) is 10.7. The summed E-state index contributed by atoms with van der Waals surface area (Å²) < 4.78 is 2.23. The summed E-state index contributed by atoms with van der Waals surface area (Å²) in [5.74, 6) is 0.663. The maximum atomic E-state index is 13.5. The third-order valence-corrected chi connectivity index (χ3v) is 6.22. The quantitative estimate of drug-likeness (QED) is 0.382. The minimum atomic E-state index is -0.0527. The van der Waals surface area contributed by atoms with Crippen LogP contribution in [0.5, 0.6) is 0 Å². The van der Waals surface area contributed by atoms with Crippen LogP contribution >= 0.6 is 0 Å². The number of carbonyl (C=O) groups is 1. The lowest BCUT2D eigenvalue weighted by molar-refractivity contribution is 0.192. The van der Waals surface area contributed by atoms with Gasteiger partial charge in [0.2, 0.25) is 0 Å². The number of urea groups is 1. The highest BCUT2D eigenvalue weighted by Gasteiger charge is 2.22. The zero-order valence-corrected chi connectivity index (χ0v) is 21.2. The van der Waals surface area contributed by atoms with Crippen LogP contribution in [0.2, 0.25) is 0 Å². The van der Waals surface area contributed by atoms with E-state index < -0.39 is 0 Å². The molecule has 1 heterocycles. The molecule has 0 fully saturated rings. The fourth-order valence-electron chi connectivity index (χ4n) is 4.17. The van der Waals surface area contributed by atoms with Crippen molar-refractivity contribution in [2.75, 3.05) is 5.32 Å². The van der Waals surface area contributed by atoms with E-state index >= 15 is 0 Å². The number of aromatic nitrogens is 1. The Kier molecular flexibility index (Phi) is 8.01. The van der Waals surface area contributed by atoms with Gasteiger partial charge >= 0.3 is 6.03 Å². The first-order chi connectivity index (χ1) is 15.7. The molecule has 0 atom stereocenters. The predicted molar refractivity (Wildman–Crippen MR) is 139 cm³/mol. The Morgan fingerprint density at radius 3 is 2.03 bits per heavy atom. The van der Waals surface area contributed by atoms with Gasteiger partial charge in [-0.3, -0.25) is 0 Å². The number of benzene rings is 2. The molecule has 0 unspecified atom stereocenters. The third kappa shape index (κ3) is 6.07. The number of aryl methyl sites for hydroxylation is 1. The number of hydrogen-bond acceptors (Lipinski definition) is 1. The van der Waals surface area contributed by atoms with Crippen molar-refractivity contribution in [2.24, 2.45) is 0 Å². The Morgan fingerprint density at radius 1 is 0.879 bits per heavy atom. The molecule has 176 valence electrons. The van der Waals surface area contributed by atoms with Crippen molar-refractivity contribution in [1.29, 1.82) is 0 Å². The Hall–Kier alpha value is -3.01. The number of anilines is 1. The van der Waals surface area contributed by atoms with Gasteiger partial charge in [0.1, 0.15) is 0 Å². The van der Waals surface area contributed by atoms with E-state index in [1.165, 1.54) is 22.3 Å². The molecule has 2 amide bonds. The number of nitrogens with zero attached hydrogens (tertiary/aromatic N) is 2. The SMILES string of the molecule is Cc1ccc(Cn2cccc2CN(C(=O)Nc2c(C(C)C)cccc2C(C)C)C(C)C)cc1. The molecule has 0 aliphatic heterocycles. The summed E-state index contributed by atoms with van der Waals surface area (Å²) in [4.78, 5) is 15.5. The lowest BCUT2D eigenvalue weighted by Gasteiger charge is -2.29. The summed E-state index contributed by atoms with van der Waals surface area (Å²) >= 11 is 0. The number of amides is 2. The monoisotopic (exact) mass is 445 g/mol. The van der Waals surface area contributed by atoms with Gasteiger partial charge < -0.3 is 14.8 Å². The van der Waals surface area contributed by atoms with Gasteiger partial charge in [0, 0.05) is 30.2 Å². The minimum Gasteiger partial charge on any atom is -0.345 e. The van der Waals surface area contributed by atoms with E-state index in [2.05, 4.69) is 119 Å². The first-order valence-corrected chi connectivity index (χ1v) is 12.1. The smallest absolute Gasteiger partial charge is 0.322 e. The van der Waals surface area contributed by atoms with Crippen LogP contribution in [0.3, 0.4) is 0 Å². The summed E-state index contributed by atoms with van der Waals surface area (Å²) in [6.07, 6.45) is 2.09. The van der Waals surface area contributed by atoms with Crippen molar-refractivity contribution in [2.45, 2.75) is 79.4 Å². The molecular formula is C29H39N3O. The normalized spacial score (nSPS) is 11.5. The number of para-hydroxylation sites is 1. The fraction of sp³-hybridized carbons (Fsp3) is 0.414. The molecule has 33 heavy (non-hydrogen) atoms. The molecule has 0 saturated heterocycles. The third-order valence-electron chi connectivity index (χ3n) is 6.22. The molecule has 0 radical (unpaired) electrons. The van der Waals surface area contributed by atoms with Crippen molar-refractivity contribution >= 4 is 11.7 Å². The molecule has 0 bridgehead atoms. The minimum absolute atomic E-state index is 0.0527. The maximum absolute atomic E-state index is 13.5. The second-order valence-corrected chi connectivity index (χ2v) is 9.89. The van der Waals surface area contributed by atoms with Crippen LogP contribution in [0.15, 0.2) is 60.8 Å². The Morgan fingerprint density at radius 2 is 1.48 bits per heavy atom. The van der Waals surface area contributed by atoms with Gasteiger partial charge in [-0.15, -0.1) is 0 Å². The lowest BCUT2D eigenvalue weighted by atomic mass is 9.93. The molecule has 0 aliphatic rings. The molecule has 3 aromatic rings. The number of rotatable bonds is 8. The van der Waals surface area contributed by atoms with Crippen LogP contribution in [0.1, 0.15) is 81.3 Å². The summed E-state index contributed by atoms with van der Waals surface area (Å²) in [5.41, 5.74) is 6.97. The van der Waals surface area contributed by atoms with E-state index in [0.717, 1.165) is 17.9 Å². The average molecular weight is 446 g/mol. The Balaban J connectivity index is 1.84. The molecule has 4 nitrogen and oxygen atoms in total. The zero-order chi connectivity index (χ0) is 24.1. The van der Waals surface area contributed by atoms with Gasteiger partial charge in [-0.1, -0.05) is 75.7 Å². The second-order valence-electron chi connectivity index (χ2n) is 9.89. The van der Waals surface area contributed by atoms with E-state index in [9.17, 15) is 4.79 Å². The van der Waals surface area contributed by atoms with Gasteiger partial charge in [-0.2, -0.15) is 0 Å². The average Bonchev–Trinajstić information content (AvgIpc) is 3.19. The van der Waals surface area contributed by atoms with E-state index in [-0.39, 0.29) is 12.1 Å². The van der Waals surface area contributed by atoms with Crippen LogP contribution in [0.25, 0.3) is 0 Å². The van der Waals surface area contributed by atoms with Crippen LogP contribution < -0.4 is 5.32 Å². The molecule has 0 spiro atoms. The summed E-state index contributed by atoms with van der Waals surface area (Å²) in [5, 5.41) is 3.29. The molecule has 1 aromatic heterocycles. The van der Waals surface area contributed by atoms with Crippen molar-refractivity contribution in [1.82, 2.24) is 9.47 Å². The van der Waals surface area contributed by atoms with Gasteiger partial charge in [0.05, 0.1) is 6.54 Å². The number of carbonyl (C=O) groups excluding carboxylic acids is 1. The Labute approximate surface area is 199 Å². The molecular weight excluding hydrogens is 406 g/mol. The van der Waals surface area contributed by atoms with Crippen molar-refractivity contribution in [3.63, 3.8) is 0 Å². The largest absolute Gasteiger partial charge is 0.345 e. The fourth-order valence-corrected chi connectivity index (χ4v) is 4.17. The summed E-state index contributed by atoms with van der Waals surface area (Å²) in [6, 6.07) is 19.2. The molecule has 3 rings (SSSR count). The maximum Gasteiger partial charge on any atom is 0.322 e. The van der Waals surface area contributed by atoms with E-state index in [1.54, 1.807) is 0 Å². The molecule has 4 heteroatoms. The van der Waals surface area contributed by atoms with Crippen molar-refractivity contribution in [3.8, 4) is 0 Å². The number of nitrogens with one attached hydrogen (secondary N) is 1. The van der Waals surface area contributed by atoms with Crippen LogP contribution in [-0.2, 0) is 13.1 Å². The van der Waals surface area contributed by atoms with Gasteiger partial charge in [0.25, 0.3) is 0 Å². The van der Waals surface area contributed by atoms with Gasteiger partial charge in [0.15, 0.2) is 0 Å².